The summed E-state index contributed by atoms with van der Waals surface area (Å²) in [5, 5.41) is 11.2. The number of unbranched alkanes of at least 4 members (excludes halogenated alkanes) is 2. The van der Waals surface area contributed by atoms with Gasteiger partial charge < -0.3 is 19.9 Å². The molecule has 0 saturated heterocycles. The van der Waals surface area contributed by atoms with Crippen LogP contribution in [-0.4, -0.2) is 23.7 Å². The van der Waals surface area contributed by atoms with Gasteiger partial charge in [0, 0.05) is 18.4 Å². The first-order valence-corrected chi connectivity index (χ1v) is 7.85. The van der Waals surface area contributed by atoms with E-state index in [9.17, 15) is 9.59 Å². The fourth-order valence-corrected chi connectivity index (χ4v) is 2.70. The molecule has 2 aliphatic rings. The standard InChI is InChI=1S/C17H23NO5/c1-17(2)11-12-7-6-10-22-14(12)15(17)23-16(21)18-9-5-3-4-8-13(19)20/h6-7,10H,3-5,8-9,11H2,1-2H3,(H,18,21)(H,19,20). The summed E-state index contributed by atoms with van der Waals surface area (Å²) in [4.78, 5) is 22.3. The van der Waals surface area contributed by atoms with Gasteiger partial charge in [0.05, 0.1) is 6.26 Å². The van der Waals surface area contributed by atoms with Gasteiger partial charge in [-0.05, 0) is 30.9 Å². The van der Waals surface area contributed by atoms with E-state index >= 15 is 0 Å². The van der Waals surface area contributed by atoms with Gasteiger partial charge in [-0.25, -0.2) is 4.79 Å². The quantitative estimate of drug-likeness (QED) is 0.701. The number of aliphatic carboxylic acids is 1. The number of fused-ring (bicyclic) bond motifs is 1. The minimum Gasteiger partial charge on any atom is -0.481 e. The molecule has 0 unspecified atom stereocenters. The van der Waals surface area contributed by atoms with E-state index < -0.39 is 12.1 Å². The molecular formula is C17H23NO5. The monoisotopic (exact) mass is 321 g/mol. The van der Waals surface area contributed by atoms with Crippen molar-refractivity contribution < 1.29 is 24.2 Å². The van der Waals surface area contributed by atoms with E-state index in [1.807, 2.05) is 26.0 Å². The molecule has 1 aliphatic carbocycles. The Morgan fingerprint density at radius 3 is 2.87 bits per heavy atom. The molecule has 1 aliphatic heterocycles. The van der Waals surface area contributed by atoms with Crippen LogP contribution in [0.3, 0.4) is 0 Å². The fraction of sp³-hybridized carbons (Fsp3) is 0.529. The first-order valence-electron chi connectivity index (χ1n) is 7.85. The highest BCUT2D eigenvalue weighted by Crippen LogP contribution is 2.47. The van der Waals surface area contributed by atoms with Crippen LogP contribution in [0.5, 0.6) is 0 Å². The lowest BCUT2D eigenvalue weighted by atomic mass is 9.90. The van der Waals surface area contributed by atoms with E-state index in [1.165, 1.54) is 0 Å². The lowest BCUT2D eigenvalue weighted by molar-refractivity contribution is -0.137. The lowest BCUT2D eigenvalue weighted by Crippen LogP contribution is -2.28. The van der Waals surface area contributed by atoms with Gasteiger partial charge >= 0.3 is 12.1 Å². The van der Waals surface area contributed by atoms with Crippen molar-refractivity contribution in [1.82, 2.24) is 5.32 Å². The van der Waals surface area contributed by atoms with Gasteiger partial charge in [-0.15, -0.1) is 0 Å². The number of ether oxygens (including phenoxy) is 2. The highest BCUT2D eigenvalue weighted by Gasteiger charge is 2.40. The second-order valence-corrected chi connectivity index (χ2v) is 6.38. The summed E-state index contributed by atoms with van der Waals surface area (Å²) < 4.78 is 11.0. The summed E-state index contributed by atoms with van der Waals surface area (Å²) in [5.41, 5.74) is 0.750. The van der Waals surface area contributed by atoms with Crippen LogP contribution >= 0.6 is 0 Å². The summed E-state index contributed by atoms with van der Waals surface area (Å²) in [6, 6.07) is 0. The van der Waals surface area contributed by atoms with Crippen LogP contribution in [0.4, 0.5) is 4.79 Å². The molecule has 0 aromatic heterocycles. The minimum atomic E-state index is -0.792. The maximum absolute atomic E-state index is 11.9. The maximum atomic E-state index is 11.9. The van der Waals surface area contributed by atoms with Crippen LogP contribution in [-0.2, 0) is 14.3 Å². The number of carboxylic acid groups (broad SMARTS) is 1. The zero-order valence-corrected chi connectivity index (χ0v) is 13.6. The number of rotatable bonds is 7. The smallest absolute Gasteiger partial charge is 0.412 e. The summed E-state index contributed by atoms with van der Waals surface area (Å²) in [5.74, 6) is 0.394. The largest absolute Gasteiger partial charge is 0.481 e. The zero-order valence-electron chi connectivity index (χ0n) is 13.6. The van der Waals surface area contributed by atoms with Crippen LogP contribution in [0.15, 0.2) is 35.5 Å². The Morgan fingerprint density at radius 2 is 2.13 bits per heavy atom. The Bertz CT molecular complexity index is 572. The molecule has 126 valence electrons. The molecule has 6 nitrogen and oxygen atoms in total. The van der Waals surface area contributed by atoms with Gasteiger partial charge in [0.2, 0.25) is 0 Å². The Morgan fingerprint density at radius 1 is 1.35 bits per heavy atom. The van der Waals surface area contributed by atoms with Crippen LogP contribution in [0.2, 0.25) is 0 Å². The fourth-order valence-electron chi connectivity index (χ4n) is 2.70. The molecule has 0 atom stereocenters. The number of carbonyl (C=O) groups is 2. The van der Waals surface area contributed by atoms with E-state index in [0.717, 1.165) is 24.8 Å². The Hall–Kier alpha value is -2.24. The molecule has 2 rings (SSSR count). The predicted molar refractivity (Wildman–Crippen MR) is 84.3 cm³/mol. The van der Waals surface area contributed by atoms with E-state index in [1.54, 1.807) is 6.26 Å². The number of carboxylic acids is 1. The predicted octanol–water partition coefficient (Wildman–Crippen LogP) is 3.47. The zero-order chi connectivity index (χ0) is 16.9. The Balaban J connectivity index is 1.79. The van der Waals surface area contributed by atoms with Gasteiger partial charge in [0.15, 0.2) is 11.5 Å². The second-order valence-electron chi connectivity index (χ2n) is 6.38. The van der Waals surface area contributed by atoms with Gasteiger partial charge in [0.25, 0.3) is 0 Å². The molecule has 0 fully saturated rings. The SMILES string of the molecule is CC1(C)CC2=CC=COC2=C1OC(=O)NCCCCCC(=O)O. The van der Waals surface area contributed by atoms with E-state index in [0.29, 0.717) is 24.5 Å². The Labute approximate surface area is 135 Å². The molecule has 0 aromatic rings. The van der Waals surface area contributed by atoms with Crippen molar-refractivity contribution in [2.45, 2.75) is 46.0 Å². The average molecular weight is 321 g/mol. The summed E-state index contributed by atoms with van der Waals surface area (Å²) in [6.45, 7) is 4.49. The number of allylic oxidation sites excluding steroid dienone is 4. The molecule has 0 radical (unpaired) electrons. The van der Waals surface area contributed by atoms with Crippen molar-refractivity contribution in [3.8, 4) is 0 Å². The molecule has 0 bridgehead atoms. The minimum absolute atomic E-state index is 0.162. The number of nitrogens with one attached hydrogen (secondary N) is 1. The summed E-state index contributed by atoms with van der Waals surface area (Å²) in [6.07, 6.45) is 7.89. The molecule has 0 aromatic carbocycles. The van der Waals surface area contributed by atoms with Crippen LogP contribution in [0, 0.1) is 5.41 Å². The van der Waals surface area contributed by atoms with Crippen molar-refractivity contribution >= 4 is 12.1 Å². The van der Waals surface area contributed by atoms with Crippen molar-refractivity contribution in [3.63, 3.8) is 0 Å². The van der Waals surface area contributed by atoms with E-state index in [2.05, 4.69) is 5.32 Å². The molecular weight excluding hydrogens is 298 g/mol. The van der Waals surface area contributed by atoms with Crippen LogP contribution < -0.4 is 5.32 Å². The number of hydrogen-bond donors (Lipinski definition) is 2. The topological polar surface area (TPSA) is 84.9 Å². The number of amides is 1. The van der Waals surface area contributed by atoms with Crippen molar-refractivity contribution in [1.29, 1.82) is 0 Å². The van der Waals surface area contributed by atoms with Gasteiger partial charge in [-0.1, -0.05) is 26.3 Å². The van der Waals surface area contributed by atoms with E-state index in [-0.39, 0.29) is 11.8 Å². The molecule has 0 spiro atoms. The number of hydrogen-bond acceptors (Lipinski definition) is 4. The lowest BCUT2D eigenvalue weighted by Gasteiger charge is -2.20. The highest BCUT2D eigenvalue weighted by molar-refractivity contribution is 5.69. The summed E-state index contributed by atoms with van der Waals surface area (Å²) >= 11 is 0. The van der Waals surface area contributed by atoms with Crippen LogP contribution in [0.25, 0.3) is 0 Å². The number of carbonyl (C=O) groups excluding carboxylic acids is 1. The van der Waals surface area contributed by atoms with Crippen LogP contribution in [0.1, 0.15) is 46.0 Å². The third-order valence-corrected chi connectivity index (χ3v) is 3.84. The highest BCUT2D eigenvalue weighted by atomic mass is 16.6. The van der Waals surface area contributed by atoms with Gasteiger partial charge in [-0.3, -0.25) is 4.79 Å². The molecule has 1 heterocycles. The molecule has 23 heavy (non-hydrogen) atoms. The summed E-state index contributed by atoms with van der Waals surface area (Å²) in [7, 11) is 0. The first-order chi connectivity index (χ1) is 10.9. The number of alkyl carbamates (subject to hydrolysis) is 1. The van der Waals surface area contributed by atoms with Gasteiger partial charge in [0.1, 0.15) is 0 Å². The first kappa shape index (κ1) is 17.1. The third kappa shape index (κ3) is 4.61. The van der Waals surface area contributed by atoms with E-state index in [4.69, 9.17) is 14.6 Å². The van der Waals surface area contributed by atoms with Crippen molar-refractivity contribution in [2.24, 2.45) is 5.41 Å². The van der Waals surface area contributed by atoms with Gasteiger partial charge in [-0.2, -0.15) is 0 Å². The third-order valence-electron chi connectivity index (χ3n) is 3.84. The average Bonchev–Trinajstić information content (AvgIpc) is 2.73. The second kappa shape index (κ2) is 7.35. The molecule has 6 heteroatoms. The molecule has 0 saturated carbocycles. The maximum Gasteiger partial charge on any atom is 0.412 e. The molecule has 2 N–H and O–H groups in total. The van der Waals surface area contributed by atoms with Crippen molar-refractivity contribution in [3.05, 3.63) is 35.5 Å². The Kier molecular flexibility index (Phi) is 5.47. The van der Waals surface area contributed by atoms with Crippen molar-refractivity contribution in [2.75, 3.05) is 6.54 Å². The molecule has 1 amide bonds. The normalized spacial score (nSPS) is 18.1.